The van der Waals surface area contributed by atoms with Crippen LogP contribution in [0.1, 0.15) is 40.5 Å². The molecule has 0 fully saturated rings. The van der Waals surface area contributed by atoms with Crippen LogP contribution in [0.5, 0.6) is 0 Å². The summed E-state index contributed by atoms with van der Waals surface area (Å²) in [7, 11) is 0. The van der Waals surface area contributed by atoms with Crippen LogP contribution in [0.25, 0.3) is 0 Å². The lowest BCUT2D eigenvalue weighted by atomic mass is 9.99. The molecule has 1 unspecified atom stereocenters. The minimum Gasteiger partial charge on any atom is -0.386 e. The van der Waals surface area contributed by atoms with Gasteiger partial charge in [0.05, 0.1) is 5.60 Å². The van der Waals surface area contributed by atoms with Crippen LogP contribution in [0.15, 0.2) is 23.8 Å². The highest BCUT2D eigenvalue weighted by Gasteiger charge is 2.13. The highest BCUT2D eigenvalue weighted by atomic mass is 16.3. The van der Waals surface area contributed by atoms with Crippen molar-refractivity contribution in [2.24, 2.45) is 0 Å². The van der Waals surface area contributed by atoms with Gasteiger partial charge in [0.1, 0.15) is 0 Å². The van der Waals surface area contributed by atoms with E-state index in [1.54, 1.807) is 0 Å². The molecule has 0 amide bonds. The molecule has 0 aromatic heterocycles. The molecule has 0 saturated carbocycles. The first-order valence-corrected chi connectivity index (χ1v) is 4.47. The molecule has 0 bridgehead atoms. The Balaban J connectivity index is 0. The average molecular weight is 179 g/mol. The lowest BCUT2D eigenvalue weighted by molar-refractivity contribution is 0.103. The Labute approximate surface area is 84.1 Å². The van der Waals surface area contributed by atoms with E-state index in [-0.39, 0.29) is 8.41 Å². The van der Waals surface area contributed by atoms with Crippen LogP contribution in [0.3, 0.4) is 0 Å². The minimum atomic E-state index is -0.638. The van der Waals surface area contributed by atoms with Gasteiger partial charge in [0.25, 0.3) is 0 Å². The van der Waals surface area contributed by atoms with Gasteiger partial charge < -0.3 is 5.11 Å². The van der Waals surface area contributed by atoms with Gasteiger partial charge in [-0.1, -0.05) is 23.8 Å². The SMILES string of the molecule is CC=CC(C)(O)CCC=C(C)C.[B]. The molecule has 13 heavy (non-hydrogen) atoms. The summed E-state index contributed by atoms with van der Waals surface area (Å²) in [5.41, 5.74) is 0.673. The maximum Gasteiger partial charge on any atom is 0.0802 e. The zero-order valence-corrected chi connectivity index (χ0v) is 9.17. The summed E-state index contributed by atoms with van der Waals surface area (Å²) >= 11 is 0. The fraction of sp³-hybridized carbons (Fsp3) is 0.636. The van der Waals surface area contributed by atoms with Gasteiger partial charge in [-0.25, -0.2) is 0 Å². The van der Waals surface area contributed by atoms with Crippen molar-refractivity contribution in [1.82, 2.24) is 0 Å². The quantitative estimate of drug-likeness (QED) is 0.519. The summed E-state index contributed by atoms with van der Waals surface area (Å²) in [5, 5.41) is 9.71. The predicted octanol–water partition coefficient (Wildman–Crippen LogP) is 2.68. The molecule has 0 aliphatic carbocycles. The molecule has 1 nitrogen and oxygen atoms in total. The number of hydrogen-bond acceptors (Lipinski definition) is 1. The zero-order valence-electron chi connectivity index (χ0n) is 9.17. The molecule has 0 aliphatic heterocycles. The van der Waals surface area contributed by atoms with Crippen molar-refractivity contribution in [2.45, 2.75) is 46.1 Å². The summed E-state index contributed by atoms with van der Waals surface area (Å²) < 4.78 is 0. The van der Waals surface area contributed by atoms with E-state index in [4.69, 9.17) is 0 Å². The highest BCUT2D eigenvalue weighted by molar-refractivity contribution is 5.75. The molecule has 1 atom stereocenters. The molecule has 0 aromatic rings. The van der Waals surface area contributed by atoms with E-state index in [2.05, 4.69) is 19.9 Å². The Hall–Kier alpha value is -0.495. The summed E-state index contributed by atoms with van der Waals surface area (Å²) in [4.78, 5) is 0. The number of hydrogen-bond donors (Lipinski definition) is 1. The van der Waals surface area contributed by atoms with Crippen LogP contribution in [0, 0.1) is 0 Å². The van der Waals surface area contributed by atoms with Crippen molar-refractivity contribution in [3.8, 4) is 0 Å². The molecule has 0 saturated heterocycles. The van der Waals surface area contributed by atoms with E-state index < -0.39 is 5.60 Å². The van der Waals surface area contributed by atoms with Gasteiger partial charge in [-0.3, -0.25) is 0 Å². The van der Waals surface area contributed by atoms with E-state index in [9.17, 15) is 5.11 Å². The van der Waals surface area contributed by atoms with Crippen LogP contribution in [0.4, 0.5) is 0 Å². The van der Waals surface area contributed by atoms with E-state index in [0.717, 1.165) is 12.8 Å². The second kappa shape index (κ2) is 6.96. The molecular weight excluding hydrogens is 159 g/mol. The monoisotopic (exact) mass is 179 g/mol. The molecule has 0 aromatic carbocycles. The lowest BCUT2D eigenvalue weighted by Gasteiger charge is -2.17. The molecule has 3 radical (unpaired) electrons. The van der Waals surface area contributed by atoms with Crippen molar-refractivity contribution < 1.29 is 5.11 Å². The van der Waals surface area contributed by atoms with Crippen LogP contribution in [-0.4, -0.2) is 19.1 Å². The normalized spacial score (nSPS) is 14.8. The third-order valence-electron chi connectivity index (χ3n) is 1.73. The van der Waals surface area contributed by atoms with Gasteiger partial charge in [-0.2, -0.15) is 0 Å². The molecule has 1 N–H and O–H groups in total. The molecule has 2 heteroatoms. The van der Waals surface area contributed by atoms with Gasteiger partial charge in [0.15, 0.2) is 0 Å². The Morgan fingerprint density at radius 3 is 2.31 bits per heavy atom. The van der Waals surface area contributed by atoms with Crippen LogP contribution >= 0.6 is 0 Å². The number of allylic oxidation sites excluding steroid dienone is 3. The first-order valence-electron chi connectivity index (χ1n) is 4.47. The van der Waals surface area contributed by atoms with Crippen molar-refractivity contribution >= 4 is 8.41 Å². The zero-order chi connectivity index (χ0) is 9.61. The Kier molecular flexibility index (Phi) is 8.03. The Morgan fingerprint density at radius 1 is 1.38 bits per heavy atom. The van der Waals surface area contributed by atoms with E-state index in [1.807, 2.05) is 26.0 Å². The molecule has 0 heterocycles. The molecule has 0 spiro atoms. The van der Waals surface area contributed by atoms with Crippen LogP contribution < -0.4 is 0 Å². The second-order valence-electron chi connectivity index (χ2n) is 3.68. The van der Waals surface area contributed by atoms with Gasteiger partial charge in [0, 0.05) is 8.41 Å². The third-order valence-corrected chi connectivity index (χ3v) is 1.73. The van der Waals surface area contributed by atoms with Gasteiger partial charge in [-0.05, 0) is 40.5 Å². The van der Waals surface area contributed by atoms with E-state index in [1.165, 1.54) is 5.57 Å². The topological polar surface area (TPSA) is 20.2 Å². The Morgan fingerprint density at radius 2 is 1.92 bits per heavy atom. The van der Waals surface area contributed by atoms with E-state index in [0.29, 0.717) is 0 Å². The fourth-order valence-corrected chi connectivity index (χ4v) is 1.10. The smallest absolute Gasteiger partial charge is 0.0802 e. The summed E-state index contributed by atoms with van der Waals surface area (Å²) in [5.74, 6) is 0. The summed E-state index contributed by atoms with van der Waals surface area (Å²) in [6.07, 6.45) is 7.62. The fourth-order valence-electron chi connectivity index (χ4n) is 1.10. The highest BCUT2D eigenvalue weighted by Crippen LogP contribution is 2.14. The Bertz CT molecular complexity index is 177. The van der Waals surface area contributed by atoms with Crippen molar-refractivity contribution in [2.75, 3.05) is 0 Å². The summed E-state index contributed by atoms with van der Waals surface area (Å²) in [6.45, 7) is 7.91. The first-order chi connectivity index (χ1) is 5.48. The lowest BCUT2D eigenvalue weighted by Crippen LogP contribution is -2.19. The minimum absolute atomic E-state index is 0. The largest absolute Gasteiger partial charge is 0.386 e. The first kappa shape index (κ1) is 15.0. The number of aliphatic hydroxyl groups is 1. The molecule has 0 rings (SSSR count). The maximum absolute atomic E-state index is 9.71. The van der Waals surface area contributed by atoms with Crippen molar-refractivity contribution in [1.29, 1.82) is 0 Å². The van der Waals surface area contributed by atoms with Crippen molar-refractivity contribution in [3.63, 3.8) is 0 Å². The van der Waals surface area contributed by atoms with Gasteiger partial charge in [0.2, 0.25) is 0 Å². The summed E-state index contributed by atoms with van der Waals surface area (Å²) in [6, 6.07) is 0. The second-order valence-corrected chi connectivity index (χ2v) is 3.68. The molecule has 73 valence electrons. The van der Waals surface area contributed by atoms with Gasteiger partial charge in [-0.15, -0.1) is 0 Å². The van der Waals surface area contributed by atoms with E-state index >= 15 is 0 Å². The average Bonchev–Trinajstić information content (AvgIpc) is 1.85. The molecular formula is C11H20BO. The standard InChI is InChI=1S/C11H20O.B/c1-5-8-11(4,12)9-6-7-10(2)3;/h5,7-8,12H,6,9H2,1-4H3;. The third kappa shape index (κ3) is 9.42. The van der Waals surface area contributed by atoms with Gasteiger partial charge >= 0.3 is 0 Å². The number of rotatable bonds is 4. The van der Waals surface area contributed by atoms with Crippen LogP contribution in [0.2, 0.25) is 0 Å². The van der Waals surface area contributed by atoms with Crippen LogP contribution in [-0.2, 0) is 0 Å². The molecule has 0 aliphatic rings. The maximum atomic E-state index is 9.71. The van der Waals surface area contributed by atoms with Crippen molar-refractivity contribution in [3.05, 3.63) is 23.8 Å². The predicted molar refractivity (Wildman–Crippen MR) is 59.9 cm³/mol.